The van der Waals surface area contributed by atoms with Crippen LogP contribution in [0.3, 0.4) is 0 Å². The van der Waals surface area contributed by atoms with E-state index in [0.717, 1.165) is 29.7 Å². The van der Waals surface area contributed by atoms with Gasteiger partial charge < -0.3 is 15.2 Å². The molecule has 0 bridgehead atoms. The zero-order valence-electron chi connectivity index (χ0n) is 19.0. The van der Waals surface area contributed by atoms with Crippen molar-refractivity contribution in [1.29, 1.82) is 0 Å². The number of fused-ring (bicyclic) bond motifs is 1. The lowest BCUT2D eigenvalue weighted by Gasteiger charge is -2.35. The molecule has 2 aromatic rings. The van der Waals surface area contributed by atoms with Crippen LogP contribution in [0.2, 0.25) is 0 Å². The van der Waals surface area contributed by atoms with E-state index in [1.54, 1.807) is 0 Å². The number of hydrazone groups is 1. The first-order chi connectivity index (χ1) is 16.6. The summed E-state index contributed by atoms with van der Waals surface area (Å²) in [7, 11) is 0. The summed E-state index contributed by atoms with van der Waals surface area (Å²) in [6, 6.07) is 17.6. The summed E-state index contributed by atoms with van der Waals surface area (Å²) in [5, 5.41) is 18.4. The van der Waals surface area contributed by atoms with E-state index in [2.05, 4.69) is 10.4 Å². The van der Waals surface area contributed by atoms with Gasteiger partial charge in [-0.2, -0.15) is 5.10 Å². The van der Waals surface area contributed by atoms with Crippen LogP contribution in [0.1, 0.15) is 49.7 Å². The number of ether oxygens (including phenoxy) is 1. The van der Waals surface area contributed by atoms with Crippen LogP contribution in [0.25, 0.3) is 5.70 Å². The molecule has 34 heavy (non-hydrogen) atoms. The number of aliphatic carboxylic acids is 1. The normalized spacial score (nSPS) is 22.5. The molecule has 1 amide bonds. The maximum atomic E-state index is 13.5. The SMILES string of the molecule is O=C(O)C1C=NN2C(=O)C(CC3CCCCC3)=C(c3ccc(OCc4ccccc4)cc3)NC12. The Kier molecular flexibility index (Phi) is 6.34. The van der Waals surface area contributed by atoms with Crippen molar-refractivity contribution in [3.8, 4) is 5.75 Å². The maximum Gasteiger partial charge on any atom is 0.316 e. The molecule has 2 unspecified atom stereocenters. The molecule has 1 saturated carbocycles. The Morgan fingerprint density at radius 2 is 1.79 bits per heavy atom. The largest absolute Gasteiger partial charge is 0.489 e. The highest BCUT2D eigenvalue weighted by Crippen LogP contribution is 2.36. The number of nitrogens with zero attached hydrogens (tertiary/aromatic N) is 2. The Labute approximate surface area is 199 Å². The molecule has 2 N–H and O–H groups in total. The van der Waals surface area contributed by atoms with E-state index in [9.17, 15) is 14.7 Å². The second-order valence-electron chi connectivity index (χ2n) is 9.23. The monoisotopic (exact) mass is 459 g/mol. The van der Waals surface area contributed by atoms with E-state index in [1.165, 1.54) is 30.5 Å². The van der Waals surface area contributed by atoms with Crippen LogP contribution in [0.5, 0.6) is 5.75 Å². The van der Waals surface area contributed by atoms with Crippen molar-refractivity contribution in [3.63, 3.8) is 0 Å². The number of nitrogens with one attached hydrogen (secondary N) is 1. The number of hydrogen-bond donors (Lipinski definition) is 2. The molecule has 2 aromatic carbocycles. The van der Waals surface area contributed by atoms with Crippen LogP contribution >= 0.6 is 0 Å². The van der Waals surface area contributed by atoms with Gasteiger partial charge in [0.05, 0.1) is 5.70 Å². The smallest absolute Gasteiger partial charge is 0.316 e. The van der Waals surface area contributed by atoms with Gasteiger partial charge in [-0.25, -0.2) is 5.01 Å². The molecule has 0 spiro atoms. The maximum absolute atomic E-state index is 13.5. The van der Waals surface area contributed by atoms with Gasteiger partial charge >= 0.3 is 5.97 Å². The molecule has 3 aliphatic rings. The van der Waals surface area contributed by atoms with Crippen molar-refractivity contribution in [1.82, 2.24) is 10.3 Å². The summed E-state index contributed by atoms with van der Waals surface area (Å²) in [6.07, 6.45) is 7.15. The molecule has 176 valence electrons. The summed E-state index contributed by atoms with van der Waals surface area (Å²) in [5.41, 5.74) is 3.33. The zero-order valence-corrected chi connectivity index (χ0v) is 19.0. The number of benzene rings is 2. The lowest BCUT2D eigenvalue weighted by Crippen LogP contribution is -2.53. The molecule has 2 aliphatic heterocycles. The first kappa shape index (κ1) is 22.2. The van der Waals surface area contributed by atoms with Crippen molar-refractivity contribution >= 4 is 23.8 Å². The number of amides is 1. The minimum atomic E-state index is -1.00. The van der Waals surface area contributed by atoms with Gasteiger partial charge in [-0.15, -0.1) is 0 Å². The average Bonchev–Trinajstić information content (AvgIpc) is 3.31. The van der Waals surface area contributed by atoms with Crippen LogP contribution < -0.4 is 10.1 Å². The molecule has 0 radical (unpaired) electrons. The molecule has 7 nitrogen and oxygen atoms in total. The van der Waals surface area contributed by atoms with E-state index < -0.39 is 18.1 Å². The first-order valence-corrected chi connectivity index (χ1v) is 12.0. The Bertz CT molecular complexity index is 1100. The molecule has 5 rings (SSSR count). The van der Waals surface area contributed by atoms with Crippen molar-refractivity contribution in [3.05, 3.63) is 71.3 Å². The summed E-state index contributed by atoms with van der Waals surface area (Å²) < 4.78 is 5.91. The molecular formula is C27H29N3O4. The Morgan fingerprint density at radius 1 is 1.06 bits per heavy atom. The fourth-order valence-corrected chi connectivity index (χ4v) is 5.04. The highest BCUT2D eigenvalue weighted by molar-refractivity contribution is 6.05. The fourth-order valence-electron chi connectivity index (χ4n) is 5.04. The highest BCUT2D eigenvalue weighted by Gasteiger charge is 2.44. The minimum Gasteiger partial charge on any atom is -0.489 e. The molecule has 2 heterocycles. The molecule has 1 aliphatic carbocycles. The third-order valence-electron chi connectivity index (χ3n) is 6.91. The number of carbonyl (C=O) groups is 2. The summed E-state index contributed by atoms with van der Waals surface area (Å²) >= 11 is 0. The first-order valence-electron chi connectivity index (χ1n) is 12.0. The standard InChI is InChI=1S/C27H29N3O4/c31-26-22(15-18-7-3-1-4-8-18)24(29-25-23(27(32)33)16-28-30(25)26)20-11-13-21(14-12-20)34-17-19-9-5-2-6-10-19/h2,5-6,9-14,16,18,23,25,29H,1,3-4,7-8,15,17H2,(H,32,33). The van der Waals surface area contributed by atoms with Gasteiger partial charge in [-0.05, 0) is 47.7 Å². The second kappa shape index (κ2) is 9.71. The van der Waals surface area contributed by atoms with Gasteiger partial charge in [-0.3, -0.25) is 9.59 Å². The quantitative estimate of drug-likeness (QED) is 0.640. The number of carboxylic acid groups (broad SMARTS) is 1. The number of hydrogen-bond acceptors (Lipinski definition) is 5. The predicted molar refractivity (Wildman–Crippen MR) is 129 cm³/mol. The summed E-state index contributed by atoms with van der Waals surface area (Å²) in [6.45, 7) is 0.473. The Balaban J connectivity index is 1.41. The lowest BCUT2D eigenvalue weighted by atomic mass is 9.83. The molecule has 0 saturated heterocycles. The van der Waals surface area contributed by atoms with Gasteiger partial charge in [0.1, 0.15) is 24.4 Å². The summed E-state index contributed by atoms with van der Waals surface area (Å²) in [5.74, 6) is -0.900. The van der Waals surface area contributed by atoms with Crippen LogP contribution in [0, 0.1) is 11.8 Å². The van der Waals surface area contributed by atoms with Crippen LogP contribution in [0.4, 0.5) is 0 Å². The third kappa shape index (κ3) is 4.55. The van der Waals surface area contributed by atoms with Gasteiger partial charge in [0, 0.05) is 11.8 Å². The van der Waals surface area contributed by atoms with Gasteiger partial charge in [0.2, 0.25) is 0 Å². The molecule has 1 fully saturated rings. The predicted octanol–water partition coefficient (Wildman–Crippen LogP) is 4.41. The Hall–Kier alpha value is -3.61. The van der Waals surface area contributed by atoms with Crippen molar-refractivity contribution < 1.29 is 19.4 Å². The van der Waals surface area contributed by atoms with E-state index in [0.29, 0.717) is 30.2 Å². The Morgan fingerprint density at radius 3 is 2.50 bits per heavy atom. The average molecular weight is 460 g/mol. The zero-order chi connectivity index (χ0) is 23.5. The van der Waals surface area contributed by atoms with E-state index >= 15 is 0 Å². The number of carboxylic acids is 1. The summed E-state index contributed by atoms with van der Waals surface area (Å²) in [4.78, 5) is 25.2. The minimum absolute atomic E-state index is 0.200. The highest BCUT2D eigenvalue weighted by atomic mass is 16.5. The number of rotatable bonds is 7. The van der Waals surface area contributed by atoms with E-state index in [4.69, 9.17) is 4.74 Å². The molecular weight excluding hydrogens is 430 g/mol. The molecule has 2 atom stereocenters. The second-order valence-corrected chi connectivity index (χ2v) is 9.23. The van der Waals surface area contributed by atoms with Crippen LogP contribution in [-0.4, -0.2) is 34.4 Å². The van der Waals surface area contributed by atoms with Crippen molar-refractivity contribution in [2.75, 3.05) is 0 Å². The van der Waals surface area contributed by atoms with Crippen LogP contribution in [-0.2, 0) is 16.2 Å². The van der Waals surface area contributed by atoms with Crippen LogP contribution in [0.15, 0.2) is 65.3 Å². The van der Waals surface area contributed by atoms with E-state index in [1.807, 2.05) is 54.6 Å². The fraction of sp³-hybridized carbons (Fsp3) is 0.370. The van der Waals surface area contributed by atoms with Crippen molar-refractivity contribution in [2.45, 2.75) is 51.3 Å². The number of carbonyl (C=O) groups excluding carboxylic acids is 1. The van der Waals surface area contributed by atoms with E-state index in [-0.39, 0.29) is 5.91 Å². The third-order valence-corrected chi connectivity index (χ3v) is 6.91. The van der Waals surface area contributed by atoms with Gasteiger partial charge in [0.15, 0.2) is 0 Å². The molecule has 7 heteroatoms. The topological polar surface area (TPSA) is 91.2 Å². The molecule has 0 aromatic heterocycles. The van der Waals surface area contributed by atoms with Crippen molar-refractivity contribution in [2.24, 2.45) is 16.9 Å². The van der Waals surface area contributed by atoms with Gasteiger partial charge in [0.25, 0.3) is 5.91 Å². The van der Waals surface area contributed by atoms with Gasteiger partial charge in [-0.1, -0.05) is 62.4 Å². The lowest BCUT2D eigenvalue weighted by molar-refractivity contribution is -0.142.